The Hall–Kier alpha value is -0.790. The fourth-order valence-electron chi connectivity index (χ4n) is 1.63. The highest BCUT2D eigenvalue weighted by atomic mass is 16.5. The summed E-state index contributed by atoms with van der Waals surface area (Å²) < 4.78 is 5.16. The Morgan fingerprint density at radius 3 is 2.44 bits per heavy atom. The summed E-state index contributed by atoms with van der Waals surface area (Å²) in [6.07, 6.45) is 10.3. The van der Waals surface area contributed by atoms with Gasteiger partial charge < -0.3 is 4.74 Å². The van der Waals surface area contributed by atoms with Crippen LogP contribution < -0.4 is 0 Å². The Labute approximate surface area is 100 Å². The van der Waals surface area contributed by atoms with Crippen LogP contribution in [0.4, 0.5) is 0 Å². The molecule has 1 atom stereocenters. The normalized spacial score (nSPS) is 12.1. The molecule has 1 unspecified atom stereocenters. The van der Waals surface area contributed by atoms with E-state index in [0.29, 0.717) is 6.42 Å². The van der Waals surface area contributed by atoms with E-state index >= 15 is 0 Å². The van der Waals surface area contributed by atoms with E-state index in [1.165, 1.54) is 38.2 Å². The van der Waals surface area contributed by atoms with Crippen molar-refractivity contribution in [3.8, 4) is 0 Å². The zero-order valence-electron chi connectivity index (χ0n) is 10.5. The molecular weight excluding hydrogens is 200 g/mol. The van der Waals surface area contributed by atoms with Crippen LogP contribution >= 0.6 is 0 Å². The van der Waals surface area contributed by atoms with Crippen molar-refractivity contribution in [1.29, 1.82) is 0 Å². The summed E-state index contributed by atoms with van der Waals surface area (Å²) in [5.41, 5.74) is 0. The van der Waals surface area contributed by atoms with E-state index in [9.17, 15) is 4.79 Å². The molecule has 0 aromatic rings. The lowest BCUT2D eigenvalue weighted by molar-refractivity contribution is -0.143. The van der Waals surface area contributed by atoms with Gasteiger partial charge in [0.1, 0.15) is 6.10 Å². The Morgan fingerprint density at radius 1 is 1.25 bits per heavy atom. The summed E-state index contributed by atoms with van der Waals surface area (Å²) in [5.74, 6) is -0.334. The molecule has 0 aliphatic heterocycles. The van der Waals surface area contributed by atoms with Crippen molar-refractivity contribution in [2.45, 2.75) is 64.4 Å². The lowest BCUT2D eigenvalue weighted by atomic mass is 10.1. The molecule has 0 spiro atoms. The van der Waals surface area contributed by atoms with Gasteiger partial charge in [0.15, 0.2) is 0 Å². The fraction of sp³-hybridized carbons (Fsp3) is 0.714. The highest BCUT2D eigenvalue weighted by Gasteiger charge is 2.09. The Bertz CT molecular complexity index is 187. The third-order valence-electron chi connectivity index (χ3n) is 2.65. The average Bonchev–Trinajstić information content (AvgIpc) is 2.31. The summed E-state index contributed by atoms with van der Waals surface area (Å²) in [5, 5.41) is 0. The van der Waals surface area contributed by atoms with Gasteiger partial charge in [0.2, 0.25) is 0 Å². The highest BCUT2D eigenvalue weighted by Crippen LogP contribution is 2.12. The number of carbonyl (C=O) groups is 1. The van der Waals surface area contributed by atoms with Crippen molar-refractivity contribution < 1.29 is 9.53 Å². The predicted octanol–water partition coefficient (Wildman–Crippen LogP) is 4.06. The maximum Gasteiger partial charge on any atom is 0.330 e. The zero-order valence-corrected chi connectivity index (χ0v) is 10.5. The first-order valence-electron chi connectivity index (χ1n) is 6.36. The van der Waals surface area contributed by atoms with Gasteiger partial charge in [-0.05, 0) is 26.2 Å². The van der Waals surface area contributed by atoms with Crippen LogP contribution in [0.2, 0.25) is 0 Å². The highest BCUT2D eigenvalue weighted by molar-refractivity contribution is 5.81. The van der Waals surface area contributed by atoms with E-state index in [1.54, 1.807) is 0 Å². The summed E-state index contributed by atoms with van der Waals surface area (Å²) in [6.45, 7) is 9.39. The first kappa shape index (κ1) is 15.2. The second kappa shape index (κ2) is 10.7. The van der Waals surface area contributed by atoms with Crippen molar-refractivity contribution in [2.24, 2.45) is 0 Å². The van der Waals surface area contributed by atoms with Gasteiger partial charge in [0.05, 0.1) is 0 Å². The molecule has 16 heavy (non-hydrogen) atoms. The molecule has 1 radical (unpaired) electrons. The van der Waals surface area contributed by atoms with Gasteiger partial charge in [0.25, 0.3) is 0 Å². The van der Waals surface area contributed by atoms with Crippen LogP contribution in [0.25, 0.3) is 0 Å². The SMILES string of the molecule is [CH2]CC(CCCCCCCC)OC(=O)C=C. The van der Waals surface area contributed by atoms with E-state index in [-0.39, 0.29) is 12.1 Å². The number of unbranched alkanes of at least 4 members (excludes halogenated alkanes) is 5. The number of esters is 1. The van der Waals surface area contributed by atoms with Crippen molar-refractivity contribution in [1.82, 2.24) is 0 Å². The molecule has 0 saturated heterocycles. The van der Waals surface area contributed by atoms with Crippen molar-refractivity contribution in [3.05, 3.63) is 19.6 Å². The summed E-state index contributed by atoms with van der Waals surface area (Å²) >= 11 is 0. The number of hydrogen-bond acceptors (Lipinski definition) is 2. The van der Waals surface area contributed by atoms with Crippen LogP contribution in [0.15, 0.2) is 12.7 Å². The molecular formula is C14H25O2. The molecule has 0 aliphatic rings. The molecule has 93 valence electrons. The average molecular weight is 225 g/mol. The van der Waals surface area contributed by atoms with Gasteiger partial charge >= 0.3 is 5.97 Å². The Balaban J connectivity index is 3.47. The molecule has 0 fully saturated rings. The number of carbonyl (C=O) groups excluding carboxylic acids is 1. The largest absolute Gasteiger partial charge is 0.459 e. The monoisotopic (exact) mass is 225 g/mol. The molecule has 0 aromatic carbocycles. The summed E-state index contributed by atoms with van der Waals surface area (Å²) in [6, 6.07) is 0. The standard InChI is InChI=1S/C14H25O2/c1-4-7-8-9-10-11-12-13(5-2)16-14(15)6-3/h6,13H,2-5,7-12H2,1H3. The third kappa shape index (κ3) is 8.51. The van der Waals surface area contributed by atoms with Gasteiger partial charge in [-0.2, -0.15) is 0 Å². The topological polar surface area (TPSA) is 26.3 Å². The maximum absolute atomic E-state index is 11.0. The molecule has 0 bridgehead atoms. The van der Waals surface area contributed by atoms with Crippen molar-refractivity contribution >= 4 is 5.97 Å². The van der Waals surface area contributed by atoms with Crippen LogP contribution in [0.1, 0.15) is 58.3 Å². The van der Waals surface area contributed by atoms with Crippen molar-refractivity contribution in [2.75, 3.05) is 0 Å². The lowest BCUT2D eigenvalue weighted by Crippen LogP contribution is -2.15. The molecule has 2 nitrogen and oxygen atoms in total. The molecule has 0 amide bonds. The molecule has 2 heteroatoms. The van der Waals surface area contributed by atoms with Crippen LogP contribution in [0, 0.1) is 6.92 Å². The Morgan fingerprint density at radius 2 is 1.88 bits per heavy atom. The lowest BCUT2D eigenvalue weighted by Gasteiger charge is -2.14. The van der Waals surface area contributed by atoms with Gasteiger partial charge in [-0.15, -0.1) is 0 Å². The first-order chi connectivity index (χ1) is 7.74. The smallest absolute Gasteiger partial charge is 0.330 e. The van der Waals surface area contributed by atoms with Crippen molar-refractivity contribution in [3.63, 3.8) is 0 Å². The molecule has 0 rings (SSSR count). The predicted molar refractivity (Wildman–Crippen MR) is 68.0 cm³/mol. The number of hydrogen-bond donors (Lipinski definition) is 0. The van der Waals surface area contributed by atoms with E-state index < -0.39 is 0 Å². The maximum atomic E-state index is 11.0. The number of ether oxygens (including phenoxy) is 1. The van der Waals surface area contributed by atoms with E-state index in [2.05, 4.69) is 20.4 Å². The van der Waals surface area contributed by atoms with E-state index in [0.717, 1.165) is 12.8 Å². The van der Waals surface area contributed by atoms with Crippen LogP contribution in [0.5, 0.6) is 0 Å². The van der Waals surface area contributed by atoms with Gasteiger partial charge in [-0.3, -0.25) is 0 Å². The molecule has 0 N–H and O–H groups in total. The van der Waals surface area contributed by atoms with Gasteiger partial charge in [0, 0.05) is 6.08 Å². The molecule has 0 saturated carbocycles. The first-order valence-corrected chi connectivity index (χ1v) is 6.36. The minimum Gasteiger partial charge on any atom is -0.459 e. The number of rotatable bonds is 10. The second-order valence-corrected chi connectivity index (χ2v) is 4.11. The third-order valence-corrected chi connectivity index (χ3v) is 2.65. The van der Waals surface area contributed by atoms with Crippen LogP contribution in [0.3, 0.4) is 0 Å². The second-order valence-electron chi connectivity index (χ2n) is 4.11. The molecule has 0 aliphatic carbocycles. The van der Waals surface area contributed by atoms with Gasteiger partial charge in [-0.1, -0.05) is 45.6 Å². The van der Waals surface area contributed by atoms with E-state index in [1.807, 2.05) is 0 Å². The minimum atomic E-state index is -0.334. The molecule has 0 aromatic heterocycles. The summed E-state index contributed by atoms with van der Waals surface area (Å²) in [4.78, 5) is 11.0. The Kier molecular flexibility index (Phi) is 10.2. The quantitative estimate of drug-likeness (QED) is 0.318. The fourth-order valence-corrected chi connectivity index (χ4v) is 1.63. The zero-order chi connectivity index (χ0) is 12.2. The van der Waals surface area contributed by atoms with Gasteiger partial charge in [-0.25, -0.2) is 4.79 Å². The molecule has 0 heterocycles. The minimum absolute atomic E-state index is 0.0309. The van der Waals surface area contributed by atoms with Crippen LogP contribution in [-0.4, -0.2) is 12.1 Å². The van der Waals surface area contributed by atoms with E-state index in [4.69, 9.17) is 4.74 Å². The van der Waals surface area contributed by atoms with Crippen LogP contribution in [-0.2, 0) is 9.53 Å². The summed E-state index contributed by atoms with van der Waals surface area (Å²) in [7, 11) is 0.